The second-order valence-corrected chi connectivity index (χ2v) is 7.60. The average Bonchev–Trinajstić information content (AvgIpc) is 2.83. The Kier molecular flexibility index (Phi) is 3.59. The van der Waals surface area contributed by atoms with E-state index in [0.29, 0.717) is 19.3 Å². The summed E-state index contributed by atoms with van der Waals surface area (Å²) in [5.41, 5.74) is -0.822. The zero-order valence-electron chi connectivity index (χ0n) is 11.1. The van der Waals surface area contributed by atoms with E-state index in [1.807, 2.05) is 0 Å². The minimum Gasteiger partial charge on any atom is -0.464 e. The van der Waals surface area contributed by atoms with Crippen molar-refractivity contribution in [2.75, 3.05) is 12.9 Å². The molecule has 1 aliphatic carbocycles. The molecule has 0 aromatic rings. The van der Waals surface area contributed by atoms with E-state index in [9.17, 15) is 18.0 Å². The summed E-state index contributed by atoms with van der Waals surface area (Å²) in [5.74, 6) is -0.794. The molecule has 1 saturated heterocycles. The SMILES string of the molecule is CCOC(=O)C1NC(=O)CC12CCCC2S(C)(=O)=O. The monoisotopic (exact) mass is 289 g/mol. The molecule has 3 unspecified atom stereocenters. The van der Waals surface area contributed by atoms with Gasteiger partial charge in [-0.2, -0.15) is 0 Å². The predicted molar refractivity (Wildman–Crippen MR) is 68.1 cm³/mol. The van der Waals surface area contributed by atoms with Crippen molar-refractivity contribution in [3.63, 3.8) is 0 Å². The van der Waals surface area contributed by atoms with Crippen LogP contribution in [0.2, 0.25) is 0 Å². The second kappa shape index (κ2) is 4.77. The number of nitrogens with one attached hydrogen (secondary N) is 1. The lowest BCUT2D eigenvalue weighted by Crippen LogP contribution is -2.50. The van der Waals surface area contributed by atoms with E-state index >= 15 is 0 Å². The lowest BCUT2D eigenvalue weighted by atomic mass is 9.78. The third-order valence-corrected chi connectivity index (χ3v) is 5.90. The number of carbonyl (C=O) groups is 2. The fourth-order valence-electron chi connectivity index (χ4n) is 3.51. The summed E-state index contributed by atoms with van der Waals surface area (Å²) in [4.78, 5) is 23.7. The maximum absolute atomic E-state index is 12.0. The molecule has 0 bridgehead atoms. The van der Waals surface area contributed by atoms with Gasteiger partial charge in [-0.25, -0.2) is 13.2 Å². The maximum atomic E-state index is 12.0. The van der Waals surface area contributed by atoms with Crippen LogP contribution in [0.4, 0.5) is 0 Å². The number of hydrogen-bond acceptors (Lipinski definition) is 5. The van der Waals surface area contributed by atoms with Crippen molar-refractivity contribution in [3.8, 4) is 0 Å². The Morgan fingerprint density at radius 3 is 2.79 bits per heavy atom. The molecule has 0 aromatic carbocycles. The van der Waals surface area contributed by atoms with Crippen molar-refractivity contribution >= 4 is 21.7 Å². The third-order valence-electron chi connectivity index (χ3n) is 4.16. The number of rotatable bonds is 3. The average molecular weight is 289 g/mol. The molecular weight excluding hydrogens is 270 g/mol. The predicted octanol–water partition coefficient (Wildman–Crippen LogP) is 0.0215. The highest BCUT2D eigenvalue weighted by Crippen LogP contribution is 2.50. The lowest BCUT2D eigenvalue weighted by Gasteiger charge is -2.33. The van der Waals surface area contributed by atoms with Gasteiger partial charge < -0.3 is 10.1 Å². The molecule has 19 heavy (non-hydrogen) atoms. The number of amides is 1. The van der Waals surface area contributed by atoms with Crippen LogP contribution in [0.5, 0.6) is 0 Å². The molecule has 1 saturated carbocycles. The normalized spacial score (nSPS) is 34.5. The van der Waals surface area contributed by atoms with Crippen LogP contribution in [-0.2, 0) is 24.2 Å². The van der Waals surface area contributed by atoms with Gasteiger partial charge in [0.25, 0.3) is 0 Å². The van der Waals surface area contributed by atoms with Crippen LogP contribution >= 0.6 is 0 Å². The van der Waals surface area contributed by atoms with Gasteiger partial charge in [0.05, 0.1) is 11.9 Å². The first-order valence-electron chi connectivity index (χ1n) is 6.46. The zero-order valence-corrected chi connectivity index (χ0v) is 12.0. The van der Waals surface area contributed by atoms with Crippen molar-refractivity contribution < 1.29 is 22.7 Å². The van der Waals surface area contributed by atoms with E-state index in [4.69, 9.17) is 4.74 Å². The van der Waals surface area contributed by atoms with Crippen molar-refractivity contribution in [2.24, 2.45) is 5.41 Å². The molecule has 3 atom stereocenters. The smallest absolute Gasteiger partial charge is 0.329 e. The van der Waals surface area contributed by atoms with Gasteiger partial charge in [-0.15, -0.1) is 0 Å². The van der Waals surface area contributed by atoms with Crippen LogP contribution in [0.1, 0.15) is 32.6 Å². The summed E-state index contributed by atoms with van der Waals surface area (Å²) in [5, 5.41) is 1.95. The Morgan fingerprint density at radius 1 is 1.53 bits per heavy atom. The van der Waals surface area contributed by atoms with E-state index in [1.54, 1.807) is 6.92 Å². The molecule has 108 valence electrons. The molecule has 2 aliphatic rings. The van der Waals surface area contributed by atoms with Gasteiger partial charge >= 0.3 is 5.97 Å². The van der Waals surface area contributed by atoms with Crippen LogP contribution in [0.25, 0.3) is 0 Å². The van der Waals surface area contributed by atoms with Gasteiger partial charge in [-0.1, -0.05) is 6.42 Å². The first-order chi connectivity index (χ1) is 8.81. The molecule has 7 heteroatoms. The van der Waals surface area contributed by atoms with Gasteiger partial charge in [-0.05, 0) is 19.8 Å². The van der Waals surface area contributed by atoms with Gasteiger partial charge in [-0.3, -0.25) is 4.79 Å². The molecule has 1 heterocycles. The first kappa shape index (κ1) is 14.3. The standard InChI is InChI=1S/C12H19NO5S/c1-3-18-11(15)10-12(7-9(14)13-10)6-4-5-8(12)19(2,16)17/h8,10H,3-7H2,1-2H3,(H,13,14). The summed E-state index contributed by atoms with van der Waals surface area (Å²) in [6, 6.07) is -0.831. The highest BCUT2D eigenvalue weighted by molar-refractivity contribution is 7.91. The minimum absolute atomic E-state index is 0.0915. The van der Waals surface area contributed by atoms with Crippen molar-refractivity contribution in [1.29, 1.82) is 0 Å². The van der Waals surface area contributed by atoms with Crippen LogP contribution in [0, 0.1) is 5.41 Å². The summed E-state index contributed by atoms with van der Waals surface area (Å²) in [7, 11) is -3.30. The molecule has 1 amide bonds. The van der Waals surface area contributed by atoms with Crippen molar-refractivity contribution in [1.82, 2.24) is 5.32 Å². The third kappa shape index (κ3) is 2.35. The molecule has 1 N–H and O–H groups in total. The molecule has 2 rings (SSSR count). The second-order valence-electron chi connectivity index (χ2n) is 5.37. The Bertz CT molecular complexity index is 500. The van der Waals surface area contributed by atoms with E-state index in [1.165, 1.54) is 6.26 Å². The summed E-state index contributed by atoms with van der Waals surface area (Å²) in [6.07, 6.45) is 3.04. The van der Waals surface area contributed by atoms with E-state index in [0.717, 1.165) is 0 Å². The largest absolute Gasteiger partial charge is 0.464 e. The van der Waals surface area contributed by atoms with Crippen LogP contribution < -0.4 is 5.32 Å². The summed E-state index contributed by atoms with van der Waals surface area (Å²) < 4.78 is 28.8. The Balaban J connectivity index is 2.38. The molecule has 1 aliphatic heterocycles. The maximum Gasteiger partial charge on any atom is 0.329 e. The Hall–Kier alpha value is -1.11. The van der Waals surface area contributed by atoms with Gasteiger partial charge in [0.1, 0.15) is 6.04 Å². The zero-order chi connectivity index (χ0) is 14.3. The van der Waals surface area contributed by atoms with Gasteiger partial charge in [0.2, 0.25) is 5.91 Å². The number of sulfone groups is 1. The van der Waals surface area contributed by atoms with Gasteiger partial charge in [0.15, 0.2) is 9.84 Å². The van der Waals surface area contributed by atoms with E-state index in [2.05, 4.69) is 5.32 Å². The molecule has 1 spiro atoms. The quantitative estimate of drug-likeness (QED) is 0.740. The fraction of sp³-hybridized carbons (Fsp3) is 0.833. The Morgan fingerprint density at radius 2 is 2.21 bits per heavy atom. The fourth-order valence-corrected chi connectivity index (χ4v) is 5.30. The highest BCUT2D eigenvalue weighted by Gasteiger charge is 2.60. The topological polar surface area (TPSA) is 89.5 Å². The summed E-state index contributed by atoms with van der Waals surface area (Å²) >= 11 is 0. The van der Waals surface area contributed by atoms with E-state index in [-0.39, 0.29) is 18.9 Å². The number of carbonyl (C=O) groups excluding carboxylic acids is 2. The molecule has 2 fully saturated rings. The Labute approximate surface area is 112 Å². The van der Waals surface area contributed by atoms with Crippen LogP contribution in [0.15, 0.2) is 0 Å². The number of hydrogen-bond donors (Lipinski definition) is 1. The minimum atomic E-state index is -3.30. The molecule has 0 aromatic heterocycles. The number of ether oxygens (including phenoxy) is 1. The van der Waals surface area contributed by atoms with Gasteiger partial charge in [0, 0.05) is 18.1 Å². The molecule has 6 nitrogen and oxygen atoms in total. The van der Waals surface area contributed by atoms with Crippen LogP contribution in [0.3, 0.4) is 0 Å². The van der Waals surface area contributed by atoms with Crippen LogP contribution in [-0.4, -0.2) is 44.4 Å². The number of esters is 1. The lowest BCUT2D eigenvalue weighted by molar-refractivity contribution is -0.148. The molecule has 0 radical (unpaired) electrons. The van der Waals surface area contributed by atoms with Crippen molar-refractivity contribution in [2.45, 2.75) is 43.9 Å². The van der Waals surface area contributed by atoms with Crippen molar-refractivity contribution in [3.05, 3.63) is 0 Å². The summed E-state index contributed by atoms with van der Waals surface area (Å²) in [6.45, 7) is 1.90. The van der Waals surface area contributed by atoms with E-state index < -0.39 is 32.5 Å². The molecular formula is C12H19NO5S. The first-order valence-corrected chi connectivity index (χ1v) is 8.41. The highest BCUT2D eigenvalue weighted by atomic mass is 32.2.